The number of pyridine rings is 1. The van der Waals surface area contributed by atoms with Gasteiger partial charge in [0.15, 0.2) is 5.96 Å². The Morgan fingerprint density at radius 2 is 1.85 bits per heavy atom. The molecular formula is C19H25IN6. The quantitative estimate of drug-likeness (QED) is 0.244. The van der Waals surface area contributed by atoms with Crippen molar-refractivity contribution in [3.8, 4) is 0 Å². The smallest absolute Gasteiger partial charge is 0.190 e. The number of hydrogen-bond donors (Lipinski definition) is 2. The number of benzene rings is 1. The number of aliphatic imine (C=N–C) groups is 1. The molecule has 26 heavy (non-hydrogen) atoms. The van der Waals surface area contributed by atoms with E-state index >= 15 is 0 Å². The van der Waals surface area contributed by atoms with E-state index in [1.807, 2.05) is 48.9 Å². The molecule has 0 unspecified atom stereocenters. The van der Waals surface area contributed by atoms with Crippen LogP contribution in [0.15, 0.2) is 60.0 Å². The van der Waals surface area contributed by atoms with Crippen molar-refractivity contribution in [3.63, 3.8) is 0 Å². The van der Waals surface area contributed by atoms with Gasteiger partial charge in [-0.3, -0.25) is 9.98 Å². The van der Waals surface area contributed by atoms with E-state index in [0.29, 0.717) is 0 Å². The van der Waals surface area contributed by atoms with Gasteiger partial charge >= 0.3 is 0 Å². The Hall–Kier alpha value is -2.16. The third-order valence-corrected chi connectivity index (χ3v) is 4.02. The number of nitrogens with zero attached hydrogens (tertiary/aromatic N) is 4. The van der Waals surface area contributed by atoms with Gasteiger partial charge in [0.05, 0.1) is 17.4 Å². The van der Waals surface area contributed by atoms with Crippen molar-refractivity contribution in [1.29, 1.82) is 0 Å². The highest BCUT2D eigenvalue weighted by atomic mass is 127. The number of hydrogen-bond acceptors (Lipinski definition) is 3. The first kappa shape index (κ1) is 20.2. The second kappa shape index (κ2) is 10.7. The summed E-state index contributed by atoms with van der Waals surface area (Å²) in [6, 6.07) is 14.2. The second-order valence-corrected chi connectivity index (χ2v) is 5.78. The lowest BCUT2D eigenvalue weighted by Crippen LogP contribution is -2.39. The summed E-state index contributed by atoms with van der Waals surface area (Å²) in [7, 11) is 1.79. The van der Waals surface area contributed by atoms with Crippen LogP contribution in [0.3, 0.4) is 0 Å². The molecule has 0 fully saturated rings. The number of guanidine groups is 1. The minimum Gasteiger partial charge on any atom is -0.356 e. The molecule has 0 atom stereocenters. The van der Waals surface area contributed by atoms with E-state index in [1.165, 1.54) is 5.52 Å². The maximum absolute atomic E-state index is 4.42. The number of fused-ring (bicyclic) bond motifs is 1. The van der Waals surface area contributed by atoms with Crippen molar-refractivity contribution in [1.82, 2.24) is 25.2 Å². The third-order valence-electron chi connectivity index (χ3n) is 4.02. The van der Waals surface area contributed by atoms with Gasteiger partial charge in [-0.2, -0.15) is 0 Å². The van der Waals surface area contributed by atoms with Crippen LogP contribution in [0.1, 0.15) is 12.1 Å². The topological polar surface area (TPSA) is 67.1 Å². The predicted octanol–water partition coefficient (Wildman–Crippen LogP) is 2.85. The largest absolute Gasteiger partial charge is 0.356 e. The van der Waals surface area contributed by atoms with Crippen LogP contribution < -0.4 is 10.6 Å². The molecule has 0 spiro atoms. The minimum absolute atomic E-state index is 0. The number of aryl methyl sites for hydroxylation is 1. The molecule has 1 aromatic carbocycles. The highest BCUT2D eigenvalue weighted by Gasteiger charge is 2.02. The van der Waals surface area contributed by atoms with Crippen LogP contribution >= 0.6 is 24.0 Å². The molecule has 0 amide bonds. The number of nitrogens with one attached hydrogen (secondary N) is 2. The van der Waals surface area contributed by atoms with Crippen molar-refractivity contribution in [3.05, 3.63) is 60.7 Å². The lowest BCUT2D eigenvalue weighted by Gasteiger charge is -2.12. The maximum Gasteiger partial charge on any atom is 0.190 e. The van der Waals surface area contributed by atoms with Gasteiger partial charge < -0.3 is 15.2 Å². The van der Waals surface area contributed by atoms with E-state index in [2.05, 4.69) is 36.2 Å². The molecule has 0 saturated carbocycles. The lowest BCUT2D eigenvalue weighted by molar-refractivity contribution is 0.636. The summed E-state index contributed by atoms with van der Waals surface area (Å²) < 4.78 is 2.19. The standard InChI is InChI=1S/C19H24N6.HI/c1-20-19(23-13-10-16-7-4-5-11-21-16)22-12-6-14-25-15-24-17-8-2-3-9-18(17)25;/h2-5,7-9,11,15H,6,10,12-14H2,1H3,(H2,20,22,23);1H. The van der Waals surface area contributed by atoms with Gasteiger partial charge in [0.1, 0.15) is 0 Å². The summed E-state index contributed by atoms with van der Waals surface area (Å²) in [5.74, 6) is 0.825. The molecule has 0 radical (unpaired) electrons. The molecule has 2 aromatic heterocycles. The fraction of sp³-hybridized carbons (Fsp3) is 0.316. The Kier molecular flexibility index (Phi) is 8.33. The zero-order valence-electron chi connectivity index (χ0n) is 14.9. The molecule has 3 aromatic rings. The van der Waals surface area contributed by atoms with E-state index in [-0.39, 0.29) is 24.0 Å². The molecule has 0 aliphatic heterocycles. The van der Waals surface area contributed by atoms with Crippen LogP contribution in [0.5, 0.6) is 0 Å². The number of halogens is 1. The summed E-state index contributed by atoms with van der Waals surface area (Å²) in [4.78, 5) is 13.0. The molecule has 138 valence electrons. The Labute approximate surface area is 171 Å². The molecule has 2 heterocycles. The average molecular weight is 464 g/mol. The van der Waals surface area contributed by atoms with Gasteiger partial charge in [0.25, 0.3) is 0 Å². The maximum atomic E-state index is 4.42. The monoisotopic (exact) mass is 464 g/mol. The highest BCUT2D eigenvalue weighted by molar-refractivity contribution is 14.0. The Bertz CT molecular complexity index is 815. The summed E-state index contributed by atoms with van der Waals surface area (Å²) >= 11 is 0. The Balaban J connectivity index is 0.00000243. The zero-order chi connectivity index (χ0) is 17.3. The average Bonchev–Trinajstić information content (AvgIpc) is 3.08. The molecular weight excluding hydrogens is 439 g/mol. The number of para-hydroxylation sites is 2. The summed E-state index contributed by atoms with van der Waals surface area (Å²) in [5, 5.41) is 6.67. The van der Waals surface area contributed by atoms with Crippen LogP contribution in [0.2, 0.25) is 0 Å². The zero-order valence-corrected chi connectivity index (χ0v) is 17.3. The lowest BCUT2D eigenvalue weighted by atomic mass is 10.3. The van der Waals surface area contributed by atoms with E-state index in [4.69, 9.17) is 0 Å². The number of rotatable bonds is 7. The van der Waals surface area contributed by atoms with E-state index < -0.39 is 0 Å². The molecule has 2 N–H and O–H groups in total. The van der Waals surface area contributed by atoms with Gasteiger partial charge in [-0.05, 0) is 30.7 Å². The molecule has 6 nitrogen and oxygen atoms in total. The van der Waals surface area contributed by atoms with Crippen molar-refractivity contribution >= 4 is 41.0 Å². The normalized spacial score (nSPS) is 11.2. The molecule has 0 aliphatic carbocycles. The van der Waals surface area contributed by atoms with Crippen molar-refractivity contribution in [2.45, 2.75) is 19.4 Å². The van der Waals surface area contributed by atoms with E-state index in [9.17, 15) is 0 Å². The van der Waals surface area contributed by atoms with E-state index in [1.54, 1.807) is 7.05 Å². The molecule has 3 rings (SSSR count). The highest BCUT2D eigenvalue weighted by Crippen LogP contribution is 2.11. The van der Waals surface area contributed by atoms with Crippen LogP contribution in [0, 0.1) is 0 Å². The summed E-state index contributed by atoms with van der Waals surface area (Å²) in [6.45, 7) is 2.59. The van der Waals surface area contributed by atoms with Crippen LogP contribution in [-0.4, -0.2) is 40.6 Å². The number of imidazole rings is 1. The first-order chi connectivity index (χ1) is 12.4. The first-order valence-corrected chi connectivity index (χ1v) is 8.61. The Morgan fingerprint density at radius 1 is 1.04 bits per heavy atom. The van der Waals surface area contributed by atoms with Crippen molar-refractivity contribution < 1.29 is 0 Å². The SMILES string of the molecule is CN=C(NCCCn1cnc2ccccc21)NCCc1ccccn1.I. The van der Waals surface area contributed by atoms with Gasteiger partial charge in [-0.1, -0.05) is 18.2 Å². The van der Waals surface area contributed by atoms with Gasteiger partial charge in [-0.25, -0.2) is 4.98 Å². The molecule has 0 bridgehead atoms. The molecule has 0 saturated heterocycles. The number of aromatic nitrogens is 3. The van der Waals surface area contributed by atoms with E-state index in [0.717, 1.165) is 49.6 Å². The van der Waals surface area contributed by atoms with Crippen molar-refractivity contribution in [2.75, 3.05) is 20.1 Å². The van der Waals surface area contributed by atoms with Crippen LogP contribution in [-0.2, 0) is 13.0 Å². The molecule has 0 aliphatic rings. The van der Waals surface area contributed by atoms with Crippen LogP contribution in [0.25, 0.3) is 11.0 Å². The van der Waals surface area contributed by atoms with Gasteiger partial charge in [0.2, 0.25) is 0 Å². The van der Waals surface area contributed by atoms with Crippen LogP contribution in [0.4, 0.5) is 0 Å². The first-order valence-electron chi connectivity index (χ1n) is 8.61. The second-order valence-electron chi connectivity index (χ2n) is 5.78. The summed E-state index contributed by atoms with van der Waals surface area (Å²) in [5.41, 5.74) is 3.31. The van der Waals surface area contributed by atoms with Gasteiger partial charge in [-0.15, -0.1) is 24.0 Å². The third kappa shape index (κ3) is 5.69. The minimum atomic E-state index is 0. The van der Waals surface area contributed by atoms with Crippen molar-refractivity contribution in [2.24, 2.45) is 4.99 Å². The molecule has 7 heteroatoms. The fourth-order valence-electron chi connectivity index (χ4n) is 2.72. The van der Waals surface area contributed by atoms with Gasteiger partial charge in [0, 0.05) is 45.0 Å². The fourth-order valence-corrected chi connectivity index (χ4v) is 2.72. The summed E-state index contributed by atoms with van der Waals surface area (Å²) in [6.07, 6.45) is 5.61. The Morgan fingerprint density at radius 3 is 2.65 bits per heavy atom. The predicted molar refractivity (Wildman–Crippen MR) is 117 cm³/mol.